The third-order valence-electron chi connectivity index (χ3n) is 4.94. The van der Waals surface area contributed by atoms with E-state index < -0.39 is 23.5 Å². The zero-order valence-electron chi connectivity index (χ0n) is 17.0. The van der Waals surface area contributed by atoms with Gasteiger partial charge >= 0.3 is 0 Å². The van der Waals surface area contributed by atoms with Crippen LogP contribution in [0.15, 0.2) is 52.5 Å². The predicted molar refractivity (Wildman–Crippen MR) is 115 cm³/mol. The number of benzene rings is 2. The second-order valence-electron chi connectivity index (χ2n) is 7.43. The summed E-state index contributed by atoms with van der Waals surface area (Å²) in [4.78, 5) is 27.1. The first-order chi connectivity index (χ1) is 14.2. The molecule has 3 rings (SSSR count). The number of aliphatic hydroxyl groups is 1. The summed E-state index contributed by atoms with van der Waals surface area (Å²) in [6, 6.07) is 9.91. The first-order valence-corrected chi connectivity index (χ1v) is 10.4. The number of ether oxygens (including phenoxy) is 1. The number of nitrogens with zero attached hydrogens (tertiary/aromatic N) is 1. The number of rotatable bonds is 6. The van der Waals surface area contributed by atoms with Crippen LogP contribution in [0.4, 0.5) is 4.39 Å². The number of hydrogen-bond acceptors (Lipinski definition) is 4. The quantitative estimate of drug-likeness (QED) is 0.372. The lowest BCUT2D eigenvalue weighted by Crippen LogP contribution is -2.33. The van der Waals surface area contributed by atoms with Crippen molar-refractivity contribution in [1.82, 2.24) is 4.90 Å². The van der Waals surface area contributed by atoms with Crippen molar-refractivity contribution in [1.29, 1.82) is 0 Å². The third kappa shape index (κ3) is 4.47. The van der Waals surface area contributed by atoms with Gasteiger partial charge in [-0.25, -0.2) is 4.39 Å². The molecule has 0 radical (unpaired) electrons. The summed E-state index contributed by atoms with van der Waals surface area (Å²) >= 11 is 3.41. The van der Waals surface area contributed by atoms with Crippen LogP contribution in [-0.2, 0) is 14.3 Å². The van der Waals surface area contributed by atoms with E-state index in [1.54, 1.807) is 18.2 Å². The van der Waals surface area contributed by atoms with Crippen molar-refractivity contribution in [3.8, 4) is 0 Å². The van der Waals surface area contributed by atoms with Crippen molar-refractivity contribution >= 4 is 33.4 Å². The van der Waals surface area contributed by atoms with Crippen molar-refractivity contribution < 1.29 is 23.8 Å². The Kier molecular flexibility index (Phi) is 6.73. The molecule has 30 heavy (non-hydrogen) atoms. The van der Waals surface area contributed by atoms with E-state index in [-0.39, 0.29) is 30.6 Å². The van der Waals surface area contributed by atoms with E-state index in [1.807, 2.05) is 20.8 Å². The molecule has 1 aliphatic rings. The molecule has 1 amide bonds. The molecule has 0 saturated carbocycles. The summed E-state index contributed by atoms with van der Waals surface area (Å²) in [5.41, 5.74) is 1.82. The zero-order chi connectivity index (χ0) is 22.0. The summed E-state index contributed by atoms with van der Waals surface area (Å²) in [7, 11) is 0. The van der Waals surface area contributed by atoms with Gasteiger partial charge in [-0.05, 0) is 56.2 Å². The minimum absolute atomic E-state index is 0.0159. The molecule has 2 aromatic carbocycles. The summed E-state index contributed by atoms with van der Waals surface area (Å²) in [5.74, 6) is -2.17. The van der Waals surface area contributed by atoms with Crippen LogP contribution in [0, 0.1) is 12.7 Å². The lowest BCUT2D eigenvalue weighted by atomic mass is 9.95. The molecule has 2 aromatic rings. The van der Waals surface area contributed by atoms with Gasteiger partial charge in [-0.1, -0.05) is 34.1 Å². The van der Waals surface area contributed by atoms with Gasteiger partial charge in [-0.3, -0.25) is 9.59 Å². The first-order valence-electron chi connectivity index (χ1n) is 9.62. The molecular weight excluding hydrogens is 453 g/mol. The highest BCUT2D eigenvalue weighted by molar-refractivity contribution is 9.10. The smallest absolute Gasteiger partial charge is 0.295 e. The van der Waals surface area contributed by atoms with Crippen LogP contribution in [0.5, 0.6) is 0 Å². The summed E-state index contributed by atoms with van der Waals surface area (Å²) in [5, 5.41) is 11.0. The Morgan fingerprint density at radius 1 is 1.20 bits per heavy atom. The minimum atomic E-state index is -0.828. The van der Waals surface area contributed by atoms with Gasteiger partial charge in [0.1, 0.15) is 11.6 Å². The fraction of sp³-hybridized carbons (Fsp3) is 0.304. The molecule has 1 aliphatic heterocycles. The molecule has 1 atom stereocenters. The van der Waals surface area contributed by atoms with Crippen molar-refractivity contribution in [3.63, 3.8) is 0 Å². The lowest BCUT2D eigenvalue weighted by Gasteiger charge is -2.25. The lowest BCUT2D eigenvalue weighted by molar-refractivity contribution is -0.140. The second-order valence-corrected chi connectivity index (χ2v) is 8.28. The topological polar surface area (TPSA) is 66.8 Å². The van der Waals surface area contributed by atoms with E-state index in [2.05, 4.69) is 15.9 Å². The number of amides is 1. The molecule has 0 aliphatic carbocycles. The number of carbonyl (C=O) groups excluding carboxylic acids is 2. The Morgan fingerprint density at radius 3 is 2.47 bits per heavy atom. The Labute approximate surface area is 183 Å². The highest BCUT2D eigenvalue weighted by atomic mass is 79.9. The highest BCUT2D eigenvalue weighted by Gasteiger charge is 2.45. The number of aryl methyl sites for hydroxylation is 1. The standard InChI is InChI=1S/C23H23BrFNO4/c1-13(2)30-11-10-26-20(15-4-7-17(25)8-5-15)19(22(28)23(26)29)21(27)16-6-9-18(24)14(3)12-16/h4-9,12-13,20,27H,10-11H2,1-3H3/b21-19-. The molecule has 7 heteroatoms. The van der Waals surface area contributed by atoms with Crippen LogP contribution in [-0.4, -0.2) is 41.0 Å². The van der Waals surface area contributed by atoms with Gasteiger partial charge in [0.05, 0.1) is 24.3 Å². The Bertz CT molecular complexity index is 1000. The fourth-order valence-electron chi connectivity index (χ4n) is 3.44. The predicted octanol–water partition coefficient (Wildman–Crippen LogP) is 4.74. The summed E-state index contributed by atoms with van der Waals surface area (Å²) < 4.78 is 19.9. The molecule has 158 valence electrons. The van der Waals surface area contributed by atoms with Gasteiger partial charge in [0.25, 0.3) is 11.7 Å². The molecule has 5 nitrogen and oxygen atoms in total. The number of Topliss-reactive ketones (excluding diaryl/α,β-unsaturated/α-hetero) is 1. The molecule has 1 unspecified atom stereocenters. The van der Waals surface area contributed by atoms with E-state index in [0.717, 1.165) is 10.0 Å². The van der Waals surface area contributed by atoms with Gasteiger partial charge in [-0.2, -0.15) is 0 Å². The first kappa shape index (κ1) is 22.2. The van der Waals surface area contributed by atoms with Gasteiger partial charge in [0, 0.05) is 16.6 Å². The molecule has 1 heterocycles. The van der Waals surface area contributed by atoms with Crippen LogP contribution in [0.3, 0.4) is 0 Å². The van der Waals surface area contributed by atoms with Crippen LogP contribution in [0.1, 0.15) is 36.6 Å². The molecule has 1 N–H and O–H groups in total. The van der Waals surface area contributed by atoms with Gasteiger partial charge < -0.3 is 14.7 Å². The molecule has 1 fully saturated rings. The SMILES string of the molecule is Cc1cc(/C(O)=C2/C(=O)C(=O)N(CCOC(C)C)C2c2ccc(F)cc2)ccc1Br. The van der Waals surface area contributed by atoms with E-state index in [0.29, 0.717) is 11.1 Å². The summed E-state index contributed by atoms with van der Waals surface area (Å²) in [6.45, 7) is 6.02. The Balaban J connectivity index is 2.10. The average molecular weight is 476 g/mol. The summed E-state index contributed by atoms with van der Waals surface area (Å²) in [6.07, 6.45) is -0.0307. The van der Waals surface area contributed by atoms with Crippen molar-refractivity contribution in [2.24, 2.45) is 0 Å². The molecule has 1 saturated heterocycles. The van der Waals surface area contributed by atoms with Crippen molar-refractivity contribution in [3.05, 3.63) is 75.0 Å². The van der Waals surface area contributed by atoms with Crippen LogP contribution in [0.2, 0.25) is 0 Å². The van der Waals surface area contributed by atoms with Crippen LogP contribution < -0.4 is 0 Å². The maximum absolute atomic E-state index is 13.5. The van der Waals surface area contributed by atoms with Gasteiger partial charge in [-0.15, -0.1) is 0 Å². The second kappa shape index (κ2) is 9.10. The number of hydrogen-bond donors (Lipinski definition) is 1. The Morgan fingerprint density at radius 2 is 1.87 bits per heavy atom. The maximum Gasteiger partial charge on any atom is 0.295 e. The largest absolute Gasteiger partial charge is 0.507 e. The number of likely N-dealkylation sites (tertiary alicyclic amines) is 1. The zero-order valence-corrected chi connectivity index (χ0v) is 18.6. The Hall–Kier alpha value is -2.51. The van der Waals surface area contributed by atoms with Crippen LogP contribution >= 0.6 is 15.9 Å². The van der Waals surface area contributed by atoms with Gasteiger partial charge in [0.2, 0.25) is 0 Å². The third-order valence-corrected chi connectivity index (χ3v) is 5.83. The molecule has 0 bridgehead atoms. The van der Waals surface area contributed by atoms with E-state index >= 15 is 0 Å². The fourth-order valence-corrected chi connectivity index (χ4v) is 3.68. The maximum atomic E-state index is 13.5. The minimum Gasteiger partial charge on any atom is -0.507 e. The normalized spacial score (nSPS) is 18.5. The van der Waals surface area contributed by atoms with E-state index in [4.69, 9.17) is 4.74 Å². The monoisotopic (exact) mass is 475 g/mol. The highest BCUT2D eigenvalue weighted by Crippen LogP contribution is 2.39. The molecule has 0 aromatic heterocycles. The number of carbonyl (C=O) groups is 2. The molecule has 0 spiro atoms. The number of aliphatic hydroxyl groups excluding tert-OH is 1. The van der Waals surface area contributed by atoms with Gasteiger partial charge in [0.15, 0.2) is 0 Å². The van der Waals surface area contributed by atoms with E-state index in [1.165, 1.54) is 29.2 Å². The number of ketones is 1. The average Bonchev–Trinajstić information content (AvgIpc) is 2.95. The van der Waals surface area contributed by atoms with Crippen molar-refractivity contribution in [2.75, 3.05) is 13.2 Å². The number of halogens is 2. The van der Waals surface area contributed by atoms with Crippen LogP contribution in [0.25, 0.3) is 5.76 Å². The molecular formula is C23H23BrFNO4. The van der Waals surface area contributed by atoms with E-state index in [9.17, 15) is 19.1 Å². The van der Waals surface area contributed by atoms with Crippen molar-refractivity contribution in [2.45, 2.75) is 32.9 Å².